The maximum absolute atomic E-state index is 12.1. The van der Waals surface area contributed by atoms with Crippen molar-refractivity contribution in [3.63, 3.8) is 0 Å². The Labute approximate surface area is 107 Å². The number of hydrogen-bond donors (Lipinski definition) is 2. The first-order chi connectivity index (χ1) is 8.38. The average Bonchev–Trinajstić information content (AvgIpc) is 2.82. The van der Waals surface area contributed by atoms with Gasteiger partial charge in [-0.25, -0.2) is 0 Å². The minimum Gasteiger partial charge on any atom is -0.480 e. The van der Waals surface area contributed by atoms with Gasteiger partial charge >= 0.3 is 11.9 Å². The van der Waals surface area contributed by atoms with Crippen molar-refractivity contribution in [3.8, 4) is 0 Å². The van der Waals surface area contributed by atoms with Gasteiger partial charge in [-0.1, -0.05) is 19.8 Å². The zero-order valence-electron chi connectivity index (χ0n) is 11.2. The SMILES string of the molecule is COC(=O)C(C(=O)O)(C1CCCC1)C(C)C(C)O. The number of aliphatic carboxylic acids is 1. The van der Waals surface area contributed by atoms with Crippen LogP contribution in [0.25, 0.3) is 0 Å². The number of carbonyl (C=O) groups is 2. The maximum Gasteiger partial charge on any atom is 0.323 e. The molecule has 0 bridgehead atoms. The van der Waals surface area contributed by atoms with Gasteiger partial charge in [0.2, 0.25) is 0 Å². The Hall–Kier alpha value is -1.10. The van der Waals surface area contributed by atoms with Crippen LogP contribution in [0.1, 0.15) is 39.5 Å². The average molecular weight is 258 g/mol. The summed E-state index contributed by atoms with van der Waals surface area (Å²) in [4.78, 5) is 23.8. The lowest BCUT2D eigenvalue weighted by molar-refractivity contribution is -0.180. The molecule has 1 fully saturated rings. The molecule has 1 aliphatic carbocycles. The van der Waals surface area contributed by atoms with Gasteiger partial charge < -0.3 is 14.9 Å². The quantitative estimate of drug-likeness (QED) is 0.576. The van der Waals surface area contributed by atoms with Crippen LogP contribution < -0.4 is 0 Å². The molecule has 0 heterocycles. The molecule has 0 amide bonds. The number of esters is 1. The van der Waals surface area contributed by atoms with Gasteiger partial charge in [0, 0.05) is 5.92 Å². The Kier molecular flexibility index (Phi) is 4.73. The lowest BCUT2D eigenvalue weighted by Gasteiger charge is -2.38. The van der Waals surface area contributed by atoms with E-state index in [1.54, 1.807) is 6.92 Å². The topological polar surface area (TPSA) is 83.8 Å². The minimum atomic E-state index is -1.63. The normalized spacial score (nSPS) is 23.1. The highest BCUT2D eigenvalue weighted by molar-refractivity contribution is 6.00. The van der Waals surface area contributed by atoms with Crippen LogP contribution >= 0.6 is 0 Å². The number of methoxy groups -OCH3 is 1. The van der Waals surface area contributed by atoms with Crippen LogP contribution in [0, 0.1) is 17.3 Å². The highest BCUT2D eigenvalue weighted by Gasteiger charge is 2.58. The van der Waals surface area contributed by atoms with Gasteiger partial charge in [-0.05, 0) is 25.7 Å². The summed E-state index contributed by atoms with van der Waals surface area (Å²) in [7, 11) is 1.20. The van der Waals surface area contributed by atoms with Crippen molar-refractivity contribution >= 4 is 11.9 Å². The first-order valence-electron chi connectivity index (χ1n) is 6.38. The number of aliphatic hydroxyl groups is 1. The predicted molar refractivity (Wildman–Crippen MR) is 64.9 cm³/mol. The molecule has 0 aromatic heterocycles. The Bertz CT molecular complexity index is 315. The molecule has 1 rings (SSSR count). The second-order valence-electron chi connectivity index (χ2n) is 5.18. The van der Waals surface area contributed by atoms with Crippen molar-refractivity contribution in [1.82, 2.24) is 0 Å². The molecule has 0 radical (unpaired) electrons. The molecule has 2 N–H and O–H groups in total. The number of ether oxygens (including phenoxy) is 1. The second-order valence-corrected chi connectivity index (χ2v) is 5.18. The summed E-state index contributed by atoms with van der Waals surface area (Å²) in [5, 5.41) is 19.3. The van der Waals surface area contributed by atoms with Gasteiger partial charge in [-0.2, -0.15) is 0 Å². The van der Waals surface area contributed by atoms with Crippen LogP contribution in [-0.4, -0.2) is 35.4 Å². The molecule has 0 aromatic carbocycles. The van der Waals surface area contributed by atoms with Crippen molar-refractivity contribution in [2.45, 2.75) is 45.6 Å². The van der Waals surface area contributed by atoms with E-state index in [2.05, 4.69) is 0 Å². The van der Waals surface area contributed by atoms with Crippen LogP contribution in [0.4, 0.5) is 0 Å². The van der Waals surface area contributed by atoms with Gasteiger partial charge in [-0.15, -0.1) is 0 Å². The standard InChI is InChI=1S/C13H22O5/c1-8(9(2)14)13(11(15)16,12(17)18-3)10-6-4-5-7-10/h8-10,14H,4-7H2,1-3H3,(H,15,16). The molecule has 104 valence electrons. The highest BCUT2D eigenvalue weighted by atomic mass is 16.5. The van der Waals surface area contributed by atoms with E-state index in [0.29, 0.717) is 12.8 Å². The van der Waals surface area contributed by atoms with Crippen molar-refractivity contribution < 1.29 is 24.5 Å². The monoisotopic (exact) mass is 258 g/mol. The molecule has 3 atom stereocenters. The summed E-state index contributed by atoms with van der Waals surface area (Å²) in [6.45, 7) is 3.12. The largest absolute Gasteiger partial charge is 0.480 e. The fraction of sp³-hybridized carbons (Fsp3) is 0.846. The smallest absolute Gasteiger partial charge is 0.323 e. The number of carboxylic acid groups (broad SMARTS) is 1. The van der Waals surface area contributed by atoms with E-state index in [0.717, 1.165) is 12.8 Å². The molecule has 1 aliphatic rings. The Balaban J connectivity index is 3.25. The molecule has 18 heavy (non-hydrogen) atoms. The molecule has 0 spiro atoms. The zero-order valence-corrected chi connectivity index (χ0v) is 11.2. The molecule has 5 heteroatoms. The molecule has 0 saturated heterocycles. The third-order valence-corrected chi connectivity index (χ3v) is 4.32. The molecule has 5 nitrogen and oxygen atoms in total. The molecular weight excluding hydrogens is 236 g/mol. The minimum absolute atomic E-state index is 0.257. The van der Waals surface area contributed by atoms with Gasteiger partial charge in [0.15, 0.2) is 5.41 Å². The summed E-state index contributed by atoms with van der Waals surface area (Å²) < 4.78 is 4.73. The van der Waals surface area contributed by atoms with Crippen molar-refractivity contribution in [2.75, 3.05) is 7.11 Å². The Morgan fingerprint density at radius 2 is 1.78 bits per heavy atom. The van der Waals surface area contributed by atoms with E-state index in [-0.39, 0.29) is 5.92 Å². The van der Waals surface area contributed by atoms with E-state index >= 15 is 0 Å². The molecule has 3 unspecified atom stereocenters. The summed E-state index contributed by atoms with van der Waals surface area (Å²) in [5.41, 5.74) is -1.63. The lowest BCUT2D eigenvalue weighted by Crippen LogP contribution is -2.53. The lowest BCUT2D eigenvalue weighted by atomic mass is 9.64. The number of aliphatic hydroxyl groups excluding tert-OH is 1. The van der Waals surface area contributed by atoms with Crippen molar-refractivity contribution in [3.05, 3.63) is 0 Å². The van der Waals surface area contributed by atoms with Gasteiger partial charge in [0.1, 0.15) is 0 Å². The fourth-order valence-electron chi connectivity index (χ4n) is 3.11. The number of carbonyl (C=O) groups excluding carboxylic acids is 1. The first-order valence-corrected chi connectivity index (χ1v) is 6.38. The van der Waals surface area contributed by atoms with E-state index in [1.807, 2.05) is 0 Å². The summed E-state index contributed by atoms with van der Waals surface area (Å²) in [5.74, 6) is -2.86. The number of carboxylic acids is 1. The second kappa shape index (κ2) is 5.69. The Morgan fingerprint density at radius 3 is 2.11 bits per heavy atom. The maximum atomic E-state index is 12.1. The van der Waals surface area contributed by atoms with Crippen molar-refractivity contribution in [1.29, 1.82) is 0 Å². The van der Waals surface area contributed by atoms with Gasteiger partial charge in [-0.3, -0.25) is 9.59 Å². The summed E-state index contributed by atoms with van der Waals surface area (Å²) >= 11 is 0. The van der Waals surface area contributed by atoms with Gasteiger partial charge in [0.25, 0.3) is 0 Å². The fourth-order valence-corrected chi connectivity index (χ4v) is 3.11. The van der Waals surface area contributed by atoms with Crippen LogP contribution in [0.15, 0.2) is 0 Å². The number of hydrogen-bond acceptors (Lipinski definition) is 4. The highest BCUT2D eigenvalue weighted by Crippen LogP contribution is 2.47. The van der Waals surface area contributed by atoms with Crippen LogP contribution in [0.5, 0.6) is 0 Å². The van der Waals surface area contributed by atoms with E-state index in [9.17, 15) is 19.8 Å². The van der Waals surface area contributed by atoms with E-state index in [4.69, 9.17) is 4.74 Å². The zero-order chi connectivity index (χ0) is 13.9. The third-order valence-electron chi connectivity index (χ3n) is 4.32. The van der Waals surface area contributed by atoms with Crippen LogP contribution in [-0.2, 0) is 14.3 Å². The number of rotatable bonds is 5. The third kappa shape index (κ3) is 2.23. The van der Waals surface area contributed by atoms with Gasteiger partial charge in [0.05, 0.1) is 13.2 Å². The van der Waals surface area contributed by atoms with E-state index < -0.39 is 29.4 Å². The molecule has 0 aliphatic heterocycles. The molecule has 0 aromatic rings. The molecular formula is C13H22O5. The first kappa shape index (κ1) is 15.0. The molecule has 1 saturated carbocycles. The van der Waals surface area contributed by atoms with E-state index in [1.165, 1.54) is 14.0 Å². The van der Waals surface area contributed by atoms with Crippen LogP contribution in [0.3, 0.4) is 0 Å². The van der Waals surface area contributed by atoms with Crippen molar-refractivity contribution in [2.24, 2.45) is 17.3 Å². The summed E-state index contributed by atoms with van der Waals surface area (Å²) in [6, 6.07) is 0. The summed E-state index contributed by atoms with van der Waals surface area (Å²) in [6.07, 6.45) is 2.35. The predicted octanol–water partition coefficient (Wildman–Crippen LogP) is 1.44. The Morgan fingerprint density at radius 1 is 1.28 bits per heavy atom. The van der Waals surface area contributed by atoms with Crippen LogP contribution in [0.2, 0.25) is 0 Å².